The first-order valence-electron chi connectivity index (χ1n) is 6.59. The molecule has 1 aromatic rings. The molecule has 0 saturated carbocycles. The van der Waals surface area contributed by atoms with E-state index in [2.05, 4.69) is 15.0 Å². The maximum atomic E-state index is 12.1. The predicted octanol–water partition coefficient (Wildman–Crippen LogP) is 1.38. The van der Waals surface area contributed by atoms with E-state index in [1.165, 1.54) is 23.2 Å². The third-order valence-electron chi connectivity index (χ3n) is 3.35. The van der Waals surface area contributed by atoms with E-state index >= 15 is 0 Å². The summed E-state index contributed by atoms with van der Waals surface area (Å²) in [6.07, 6.45) is 1.21. The lowest BCUT2D eigenvalue weighted by Crippen LogP contribution is -2.56. The van der Waals surface area contributed by atoms with E-state index in [-0.39, 0.29) is 24.4 Å². The molecule has 120 valence electrons. The molecule has 1 N–H and O–H groups in total. The molecule has 1 unspecified atom stereocenters. The SMILES string of the molecule is CC1CN(C(=O)Nc2ccc(OC(F)F)nc2)CC(=O)N1C. The minimum absolute atomic E-state index is 0.00726. The zero-order chi connectivity index (χ0) is 16.3. The van der Waals surface area contributed by atoms with Gasteiger partial charge in [-0.25, -0.2) is 9.78 Å². The zero-order valence-corrected chi connectivity index (χ0v) is 12.1. The number of anilines is 1. The molecule has 1 saturated heterocycles. The number of pyridine rings is 1. The van der Waals surface area contributed by atoms with Crippen molar-refractivity contribution in [1.82, 2.24) is 14.8 Å². The number of nitrogens with zero attached hydrogens (tertiary/aromatic N) is 3. The van der Waals surface area contributed by atoms with Gasteiger partial charge in [0.1, 0.15) is 6.54 Å². The van der Waals surface area contributed by atoms with Gasteiger partial charge in [0.2, 0.25) is 11.8 Å². The first kappa shape index (κ1) is 15.9. The van der Waals surface area contributed by atoms with Gasteiger partial charge in [0, 0.05) is 25.7 Å². The zero-order valence-electron chi connectivity index (χ0n) is 12.1. The Morgan fingerprint density at radius 1 is 1.50 bits per heavy atom. The lowest BCUT2D eigenvalue weighted by atomic mass is 10.2. The summed E-state index contributed by atoms with van der Waals surface area (Å²) in [5.74, 6) is -0.385. The number of ether oxygens (including phenoxy) is 1. The Morgan fingerprint density at radius 2 is 2.23 bits per heavy atom. The van der Waals surface area contributed by atoms with Gasteiger partial charge >= 0.3 is 12.6 Å². The highest BCUT2D eigenvalue weighted by Crippen LogP contribution is 2.15. The topological polar surface area (TPSA) is 74.8 Å². The molecular weight excluding hydrogens is 298 g/mol. The summed E-state index contributed by atoms with van der Waals surface area (Å²) in [7, 11) is 1.69. The van der Waals surface area contributed by atoms with Crippen molar-refractivity contribution in [2.75, 3.05) is 25.5 Å². The lowest BCUT2D eigenvalue weighted by Gasteiger charge is -2.37. The van der Waals surface area contributed by atoms with Crippen LogP contribution in [0.5, 0.6) is 5.88 Å². The molecule has 0 radical (unpaired) electrons. The van der Waals surface area contributed by atoms with Crippen LogP contribution < -0.4 is 10.1 Å². The van der Waals surface area contributed by atoms with Crippen molar-refractivity contribution in [2.24, 2.45) is 0 Å². The minimum atomic E-state index is -2.95. The summed E-state index contributed by atoms with van der Waals surface area (Å²) < 4.78 is 28.1. The normalized spacial score (nSPS) is 18.6. The summed E-state index contributed by atoms with van der Waals surface area (Å²) >= 11 is 0. The summed E-state index contributed by atoms with van der Waals surface area (Å²) in [6.45, 7) is -0.707. The second kappa shape index (κ2) is 6.54. The van der Waals surface area contributed by atoms with E-state index in [0.29, 0.717) is 12.2 Å². The number of carbonyl (C=O) groups excluding carboxylic acids is 2. The Kier molecular flexibility index (Phi) is 4.74. The lowest BCUT2D eigenvalue weighted by molar-refractivity contribution is -0.135. The number of aromatic nitrogens is 1. The van der Waals surface area contributed by atoms with Crippen LogP contribution >= 0.6 is 0 Å². The van der Waals surface area contributed by atoms with E-state index in [4.69, 9.17) is 0 Å². The first-order chi connectivity index (χ1) is 10.4. The van der Waals surface area contributed by atoms with Gasteiger partial charge in [0.15, 0.2) is 0 Å². The van der Waals surface area contributed by atoms with Crippen molar-refractivity contribution in [3.8, 4) is 5.88 Å². The molecule has 1 aliphatic heterocycles. The van der Waals surface area contributed by atoms with Gasteiger partial charge in [-0.2, -0.15) is 8.78 Å². The number of carbonyl (C=O) groups is 2. The molecule has 0 aromatic carbocycles. The van der Waals surface area contributed by atoms with Crippen molar-refractivity contribution < 1.29 is 23.1 Å². The Bertz CT molecular complexity index is 553. The predicted molar refractivity (Wildman–Crippen MR) is 73.7 cm³/mol. The van der Waals surface area contributed by atoms with Gasteiger partial charge in [-0.05, 0) is 13.0 Å². The van der Waals surface area contributed by atoms with Crippen LogP contribution in [-0.4, -0.2) is 59.5 Å². The number of piperazine rings is 1. The van der Waals surface area contributed by atoms with Gasteiger partial charge in [0.25, 0.3) is 0 Å². The fourth-order valence-electron chi connectivity index (χ4n) is 2.00. The molecule has 0 bridgehead atoms. The number of hydrogen-bond donors (Lipinski definition) is 1. The fourth-order valence-corrected chi connectivity index (χ4v) is 2.00. The highest BCUT2D eigenvalue weighted by atomic mass is 19.3. The number of rotatable bonds is 3. The van der Waals surface area contributed by atoms with Crippen molar-refractivity contribution in [2.45, 2.75) is 19.6 Å². The third-order valence-corrected chi connectivity index (χ3v) is 3.35. The molecule has 1 aliphatic rings. The van der Waals surface area contributed by atoms with Gasteiger partial charge in [-0.3, -0.25) is 4.79 Å². The molecule has 9 heteroatoms. The van der Waals surface area contributed by atoms with E-state index in [0.717, 1.165) is 0 Å². The van der Waals surface area contributed by atoms with Crippen LogP contribution in [0.25, 0.3) is 0 Å². The molecule has 2 heterocycles. The van der Waals surface area contributed by atoms with Crippen LogP contribution in [0.4, 0.5) is 19.3 Å². The molecule has 0 spiro atoms. The van der Waals surface area contributed by atoms with Crippen LogP contribution in [0, 0.1) is 0 Å². The number of amides is 3. The number of nitrogens with one attached hydrogen (secondary N) is 1. The molecule has 22 heavy (non-hydrogen) atoms. The summed E-state index contributed by atoms with van der Waals surface area (Å²) in [6, 6.07) is 2.09. The summed E-state index contributed by atoms with van der Waals surface area (Å²) in [4.78, 5) is 30.4. The quantitative estimate of drug-likeness (QED) is 0.914. The summed E-state index contributed by atoms with van der Waals surface area (Å²) in [5, 5.41) is 2.56. The molecule has 1 atom stereocenters. The first-order valence-corrected chi connectivity index (χ1v) is 6.59. The molecule has 0 aliphatic carbocycles. The van der Waals surface area contributed by atoms with Crippen LogP contribution in [-0.2, 0) is 4.79 Å². The van der Waals surface area contributed by atoms with E-state index in [1.54, 1.807) is 11.9 Å². The fraction of sp³-hybridized carbons (Fsp3) is 0.462. The highest BCUT2D eigenvalue weighted by molar-refractivity contribution is 5.93. The molecule has 7 nitrogen and oxygen atoms in total. The average Bonchev–Trinajstić information content (AvgIpc) is 2.45. The van der Waals surface area contributed by atoms with Crippen LogP contribution in [0.1, 0.15) is 6.92 Å². The van der Waals surface area contributed by atoms with E-state index < -0.39 is 12.6 Å². The third kappa shape index (κ3) is 3.80. The van der Waals surface area contributed by atoms with Crippen LogP contribution in [0.15, 0.2) is 18.3 Å². The molecule has 1 fully saturated rings. The van der Waals surface area contributed by atoms with Crippen molar-refractivity contribution in [1.29, 1.82) is 0 Å². The molecule has 1 aromatic heterocycles. The second-order valence-corrected chi connectivity index (χ2v) is 4.93. The van der Waals surface area contributed by atoms with E-state index in [1.807, 2.05) is 6.92 Å². The molecular formula is C13H16F2N4O3. The Hall–Kier alpha value is -2.45. The van der Waals surface area contributed by atoms with Crippen LogP contribution in [0.3, 0.4) is 0 Å². The number of urea groups is 1. The van der Waals surface area contributed by atoms with Gasteiger partial charge < -0.3 is 19.9 Å². The maximum Gasteiger partial charge on any atom is 0.388 e. The number of halogens is 2. The van der Waals surface area contributed by atoms with Gasteiger partial charge in [-0.15, -0.1) is 0 Å². The van der Waals surface area contributed by atoms with Crippen LogP contribution in [0.2, 0.25) is 0 Å². The second-order valence-electron chi connectivity index (χ2n) is 4.93. The number of alkyl halides is 2. The average molecular weight is 314 g/mol. The Labute approximate surface area is 125 Å². The molecule has 3 amide bonds. The van der Waals surface area contributed by atoms with Gasteiger partial charge in [-0.1, -0.05) is 0 Å². The summed E-state index contributed by atoms with van der Waals surface area (Å²) in [5.41, 5.74) is 0.325. The highest BCUT2D eigenvalue weighted by Gasteiger charge is 2.29. The largest absolute Gasteiger partial charge is 0.417 e. The van der Waals surface area contributed by atoms with Gasteiger partial charge in [0.05, 0.1) is 11.9 Å². The minimum Gasteiger partial charge on any atom is -0.417 e. The van der Waals surface area contributed by atoms with Crippen molar-refractivity contribution >= 4 is 17.6 Å². The monoisotopic (exact) mass is 314 g/mol. The van der Waals surface area contributed by atoms with E-state index in [9.17, 15) is 18.4 Å². The Morgan fingerprint density at radius 3 is 2.77 bits per heavy atom. The number of hydrogen-bond acceptors (Lipinski definition) is 4. The molecule has 2 rings (SSSR count). The smallest absolute Gasteiger partial charge is 0.388 e. The standard InChI is InChI=1S/C13H16F2N4O3/c1-8-6-19(7-11(20)18(8)2)13(21)17-9-3-4-10(16-5-9)22-12(14)15/h3-5,8,12H,6-7H2,1-2H3,(H,17,21). The van der Waals surface area contributed by atoms with Crippen molar-refractivity contribution in [3.63, 3.8) is 0 Å². The van der Waals surface area contributed by atoms with Crippen molar-refractivity contribution in [3.05, 3.63) is 18.3 Å². The Balaban J connectivity index is 1.95. The number of likely N-dealkylation sites (N-methyl/N-ethyl adjacent to an activating group) is 1. The maximum absolute atomic E-state index is 12.1.